The maximum absolute atomic E-state index is 12.5. The molecule has 1 aromatic carbocycles. The molecule has 2 N–H and O–H groups in total. The first kappa shape index (κ1) is 19.4. The summed E-state index contributed by atoms with van der Waals surface area (Å²) in [5.41, 5.74) is 2.84. The van der Waals surface area contributed by atoms with Crippen LogP contribution >= 0.6 is 0 Å². The largest absolute Gasteiger partial charge is 0.356 e. The number of hydrogen-bond donors (Lipinski definition) is 2. The fourth-order valence-electron chi connectivity index (χ4n) is 4.69. The molecule has 152 valence electrons. The molecule has 1 heterocycles. The number of piperidine rings is 1. The normalized spacial score (nSPS) is 25.0. The standard InChI is InChI=1S/C23H33N3O2/c27-22(24-14-19-7-3-6-18-5-1-2-9-21(18)19)16-26-12-4-8-20(15-26)23(28)25-13-17-10-11-17/h1-2,5,9,17,19-20H,3-4,6-8,10-16H2,(H,24,27)(H,25,28)/t19-,20+/m0/s1. The van der Waals surface area contributed by atoms with Crippen molar-refractivity contribution in [1.82, 2.24) is 15.5 Å². The van der Waals surface area contributed by atoms with E-state index in [2.05, 4.69) is 39.8 Å². The van der Waals surface area contributed by atoms with E-state index in [4.69, 9.17) is 0 Å². The lowest BCUT2D eigenvalue weighted by molar-refractivity contribution is -0.129. The van der Waals surface area contributed by atoms with Gasteiger partial charge in [0.25, 0.3) is 0 Å². The first-order chi connectivity index (χ1) is 13.7. The molecule has 5 nitrogen and oxygen atoms in total. The second-order valence-corrected chi connectivity index (χ2v) is 8.85. The molecule has 2 amide bonds. The number of carbonyl (C=O) groups excluding carboxylic acids is 2. The molecule has 0 unspecified atom stereocenters. The molecule has 2 fully saturated rings. The van der Waals surface area contributed by atoms with Gasteiger partial charge in [0, 0.05) is 25.6 Å². The average Bonchev–Trinajstić information content (AvgIpc) is 3.55. The first-order valence-corrected chi connectivity index (χ1v) is 11.0. The van der Waals surface area contributed by atoms with Crippen LogP contribution in [-0.4, -0.2) is 49.4 Å². The van der Waals surface area contributed by atoms with Crippen LogP contribution in [0.25, 0.3) is 0 Å². The van der Waals surface area contributed by atoms with E-state index in [1.807, 2.05) is 0 Å². The molecule has 1 aromatic rings. The minimum Gasteiger partial charge on any atom is -0.356 e. The molecule has 1 aliphatic heterocycles. The molecule has 1 saturated heterocycles. The Kier molecular flexibility index (Phi) is 6.30. The highest BCUT2D eigenvalue weighted by Crippen LogP contribution is 2.31. The van der Waals surface area contributed by atoms with E-state index >= 15 is 0 Å². The van der Waals surface area contributed by atoms with Crippen LogP contribution in [0, 0.1) is 11.8 Å². The number of benzene rings is 1. The fraction of sp³-hybridized carbons (Fsp3) is 0.652. The topological polar surface area (TPSA) is 61.4 Å². The number of amides is 2. The smallest absolute Gasteiger partial charge is 0.234 e. The number of rotatable bonds is 7. The van der Waals surface area contributed by atoms with Gasteiger partial charge in [-0.1, -0.05) is 24.3 Å². The van der Waals surface area contributed by atoms with Crippen molar-refractivity contribution in [2.75, 3.05) is 32.7 Å². The van der Waals surface area contributed by atoms with Gasteiger partial charge in [0.05, 0.1) is 12.5 Å². The molecule has 0 radical (unpaired) electrons. The van der Waals surface area contributed by atoms with Crippen molar-refractivity contribution in [3.8, 4) is 0 Å². The Balaban J connectivity index is 1.22. The number of likely N-dealkylation sites (tertiary alicyclic amines) is 1. The van der Waals surface area contributed by atoms with Crippen LogP contribution in [0.15, 0.2) is 24.3 Å². The second kappa shape index (κ2) is 9.08. The molecule has 1 saturated carbocycles. The number of carbonyl (C=O) groups is 2. The average molecular weight is 384 g/mol. The minimum atomic E-state index is 0.0329. The Bertz CT molecular complexity index is 701. The van der Waals surface area contributed by atoms with Crippen LogP contribution < -0.4 is 10.6 Å². The highest BCUT2D eigenvalue weighted by atomic mass is 16.2. The number of hydrogen-bond acceptors (Lipinski definition) is 3. The van der Waals surface area contributed by atoms with Crippen LogP contribution in [0.5, 0.6) is 0 Å². The highest BCUT2D eigenvalue weighted by molar-refractivity contribution is 5.80. The van der Waals surface area contributed by atoms with Crippen molar-refractivity contribution in [2.45, 2.75) is 50.9 Å². The maximum atomic E-state index is 12.5. The predicted molar refractivity (Wildman–Crippen MR) is 110 cm³/mol. The van der Waals surface area contributed by atoms with E-state index in [0.29, 0.717) is 24.9 Å². The summed E-state index contributed by atoms with van der Waals surface area (Å²) in [5.74, 6) is 1.43. The van der Waals surface area contributed by atoms with Gasteiger partial charge < -0.3 is 10.6 Å². The number of fused-ring (bicyclic) bond motifs is 1. The van der Waals surface area contributed by atoms with Crippen molar-refractivity contribution in [1.29, 1.82) is 0 Å². The van der Waals surface area contributed by atoms with Crippen LogP contribution in [0.2, 0.25) is 0 Å². The van der Waals surface area contributed by atoms with E-state index in [1.165, 1.54) is 30.4 Å². The molecule has 0 spiro atoms. The zero-order chi connectivity index (χ0) is 19.3. The summed E-state index contributed by atoms with van der Waals surface area (Å²) in [6, 6.07) is 8.63. The SMILES string of the molecule is O=C(CN1CCC[C@@H](C(=O)NCC2CC2)C1)NC[C@@H]1CCCc2ccccc21. The second-order valence-electron chi connectivity index (χ2n) is 8.85. The van der Waals surface area contributed by atoms with Crippen LogP contribution in [0.1, 0.15) is 55.6 Å². The van der Waals surface area contributed by atoms with Gasteiger partial charge in [0.1, 0.15) is 0 Å². The lowest BCUT2D eigenvalue weighted by Gasteiger charge is -2.32. The van der Waals surface area contributed by atoms with E-state index < -0.39 is 0 Å². The van der Waals surface area contributed by atoms with E-state index in [1.54, 1.807) is 0 Å². The maximum Gasteiger partial charge on any atom is 0.234 e. The fourth-order valence-corrected chi connectivity index (χ4v) is 4.69. The van der Waals surface area contributed by atoms with Crippen molar-refractivity contribution in [3.63, 3.8) is 0 Å². The lowest BCUT2D eigenvalue weighted by Crippen LogP contribution is -2.47. The summed E-state index contributed by atoms with van der Waals surface area (Å²) in [7, 11) is 0. The monoisotopic (exact) mass is 383 g/mol. The molecule has 4 rings (SSSR count). The van der Waals surface area contributed by atoms with Crippen molar-refractivity contribution in [2.24, 2.45) is 11.8 Å². The van der Waals surface area contributed by atoms with E-state index in [0.717, 1.165) is 45.3 Å². The third kappa shape index (κ3) is 5.13. The van der Waals surface area contributed by atoms with Crippen LogP contribution in [0.3, 0.4) is 0 Å². The predicted octanol–water partition coefficient (Wildman–Crippen LogP) is 2.46. The molecular weight excluding hydrogens is 350 g/mol. The molecule has 5 heteroatoms. The Morgan fingerprint density at radius 3 is 2.71 bits per heavy atom. The van der Waals surface area contributed by atoms with Gasteiger partial charge in [-0.3, -0.25) is 14.5 Å². The summed E-state index contributed by atoms with van der Waals surface area (Å²) in [6.07, 6.45) is 7.92. The molecule has 3 aliphatic rings. The molecule has 28 heavy (non-hydrogen) atoms. The van der Waals surface area contributed by atoms with Gasteiger partial charge >= 0.3 is 0 Å². The highest BCUT2D eigenvalue weighted by Gasteiger charge is 2.29. The minimum absolute atomic E-state index is 0.0329. The Hall–Kier alpha value is -1.88. The third-order valence-corrected chi connectivity index (χ3v) is 6.54. The molecule has 0 bridgehead atoms. The van der Waals surface area contributed by atoms with Gasteiger partial charge in [0.2, 0.25) is 11.8 Å². The lowest BCUT2D eigenvalue weighted by atomic mass is 9.83. The Morgan fingerprint density at radius 2 is 1.86 bits per heavy atom. The summed E-state index contributed by atoms with van der Waals surface area (Å²) in [4.78, 5) is 27.0. The van der Waals surface area contributed by atoms with E-state index in [-0.39, 0.29) is 17.7 Å². The van der Waals surface area contributed by atoms with E-state index in [9.17, 15) is 9.59 Å². The van der Waals surface area contributed by atoms with Gasteiger partial charge in [-0.2, -0.15) is 0 Å². The first-order valence-electron chi connectivity index (χ1n) is 11.0. The van der Waals surface area contributed by atoms with Crippen LogP contribution in [-0.2, 0) is 16.0 Å². The summed E-state index contributed by atoms with van der Waals surface area (Å²) in [5, 5.41) is 6.25. The Morgan fingerprint density at radius 1 is 1.00 bits per heavy atom. The number of nitrogens with one attached hydrogen (secondary N) is 2. The zero-order valence-corrected chi connectivity index (χ0v) is 16.8. The number of aryl methyl sites for hydroxylation is 1. The van der Waals surface area contributed by atoms with Gasteiger partial charge in [0.15, 0.2) is 0 Å². The summed E-state index contributed by atoms with van der Waals surface area (Å²) >= 11 is 0. The van der Waals surface area contributed by atoms with Crippen molar-refractivity contribution >= 4 is 11.8 Å². The molecule has 0 aromatic heterocycles. The summed E-state index contributed by atoms with van der Waals surface area (Å²) in [6.45, 7) is 3.57. The molecule has 2 aliphatic carbocycles. The third-order valence-electron chi connectivity index (χ3n) is 6.54. The van der Waals surface area contributed by atoms with Gasteiger partial charge in [-0.05, 0) is 68.5 Å². The van der Waals surface area contributed by atoms with Gasteiger partial charge in [-0.25, -0.2) is 0 Å². The van der Waals surface area contributed by atoms with Crippen LogP contribution in [0.4, 0.5) is 0 Å². The Labute approximate surface area is 168 Å². The molecule has 2 atom stereocenters. The number of nitrogens with zero attached hydrogens (tertiary/aromatic N) is 1. The van der Waals surface area contributed by atoms with Crippen molar-refractivity contribution in [3.05, 3.63) is 35.4 Å². The van der Waals surface area contributed by atoms with Crippen molar-refractivity contribution < 1.29 is 9.59 Å². The van der Waals surface area contributed by atoms with Gasteiger partial charge in [-0.15, -0.1) is 0 Å². The zero-order valence-electron chi connectivity index (χ0n) is 16.8. The summed E-state index contributed by atoms with van der Waals surface area (Å²) < 4.78 is 0. The molecular formula is C23H33N3O2. The quantitative estimate of drug-likeness (QED) is 0.760.